The minimum absolute atomic E-state index is 0.0636. The summed E-state index contributed by atoms with van der Waals surface area (Å²) in [5.74, 6) is -0.344. The first kappa shape index (κ1) is 19.8. The fraction of sp³-hybridized carbons (Fsp3) is 0.200. The Morgan fingerprint density at radius 1 is 1.07 bits per heavy atom. The molecule has 1 aromatic heterocycles. The fourth-order valence-corrected chi connectivity index (χ4v) is 3.38. The van der Waals surface area contributed by atoms with Gasteiger partial charge in [0.25, 0.3) is 10.0 Å². The van der Waals surface area contributed by atoms with Crippen LogP contribution in [0.1, 0.15) is 31.9 Å². The van der Waals surface area contributed by atoms with Gasteiger partial charge in [-0.05, 0) is 47.4 Å². The van der Waals surface area contributed by atoms with Gasteiger partial charge in [-0.25, -0.2) is 9.22 Å². The van der Waals surface area contributed by atoms with E-state index in [2.05, 4.69) is 40.9 Å². The molecule has 3 aromatic rings. The number of H-pyrrole nitrogens is 1. The number of hydrazone groups is 1. The van der Waals surface area contributed by atoms with Gasteiger partial charge in [-0.3, -0.25) is 5.10 Å². The van der Waals surface area contributed by atoms with Crippen LogP contribution < -0.4 is 4.83 Å². The van der Waals surface area contributed by atoms with E-state index >= 15 is 0 Å². The number of hydrogen-bond acceptors (Lipinski definition) is 4. The summed E-state index contributed by atoms with van der Waals surface area (Å²) in [5, 5.41) is 10.6. The van der Waals surface area contributed by atoms with Gasteiger partial charge in [0.05, 0.1) is 23.0 Å². The van der Waals surface area contributed by atoms with E-state index in [9.17, 15) is 12.8 Å². The maximum absolute atomic E-state index is 13.1. The summed E-state index contributed by atoms with van der Waals surface area (Å²) in [6, 6.07) is 12.6. The number of nitrogens with zero attached hydrogens (tertiary/aromatic N) is 2. The first-order chi connectivity index (χ1) is 13.2. The highest BCUT2D eigenvalue weighted by atomic mass is 32.2. The molecule has 28 heavy (non-hydrogen) atoms. The van der Waals surface area contributed by atoms with Crippen LogP contribution >= 0.6 is 0 Å². The Bertz CT molecular complexity index is 1080. The zero-order valence-corrected chi connectivity index (χ0v) is 16.6. The van der Waals surface area contributed by atoms with Gasteiger partial charge in [-0.15, -0.1) is 0 Å². The molecule has 6 nitrogen and oxygen atoms in total. The highest BCUT2D eigenvalue weighted by Gasteiger charge is 2.17. The largest absolute Gasteiger partial charge is 0.277 e. The molecule has 0 fully saturated rings. The molecule has 1 heterocycles. The van der Waals surface area contributed by atoms with Crippen LogP contribution in [0.5, 0.6) is 0 Å². The van der Waals surface area contributed by atoms with E-state index in [1.54, 1.807) is 36.4 Å². The van der Waals surface area contributed by atoms with Crippen LogP contribution in [0.25, 0.3) is 11.3 Å². The number of aromatic nitrogens is 2. The summed E-state index contributed by atoms with van der Waals surface area (Å²) in [7, 11) is -3.79. The Morgan fingerprint density at radius 2 is 1.71 bits per heavy atom. The quantitative estimate of drug-likeness (QED) is 0.504. The Morgan fingerprint density at radius 3 is 2.32 bits per heavy atom. The van der Waals surface area contributed by atoms with Crippen molar-refractivity contribution in [3.05, 3.63) is 71.7 Å². The molecular weight excluding hydrogens is 379 g/mol. The van der Waals surface area contributed by atoms with Crippen molar-refractivity contribution in [3.63, 3.8) is 0 Å². The molecule has 0 radical (unpaired) electrons. The molecule has 0 atom stereocenters. The first-order valence-corrected chi connectivity index (χ1v) is 10.1. The Balaban J connectivity index is 1.76. The molecule has 0 unspecified atom stereocenters. The molecule has 0 aliphatic carbocycles. The predicted molar refractivity (Wildman–Crippen MR) is 107 cm³/mol. The van der Waals surface area contributed by atoms with E-state index < -0.39 is 10.0 Å². The topological polar surface area (TPSA) is 87.2 Å². The molecular formula is C20H21FN4O2S. The summed E-state index contributed by atoms with van der Waals surface area (Å²) in [6.07, 6.45) is 2.86. The maximum atomic E-state index is 13.1. The van der Waals surface area contributed by atoms with Crippen LogP contribution in [-0.2, 0) is 15.4 Å². The molecule has 0 saturated heterocycles. The number of halogens is 1. The number of nitrogens with one attached hydrogen (secondary N) is 2. The Hall–Kier alpha value is -3.00. The molecule has 8 heteroatoms. The fourth-order valence-electron chi connectivity index (χ4n) is 2.59. The van der Waals surface area contributed by atoms with Crippen molar-refractivity contribution in [1.82, 2.24) is 15.0 Å². The van der Waals surface area contributed by atoms with Gasteiger partial charge < -0.3 is 0 Å². The average molecular weight is 400 g/mol. The second-order valence-corrected chi connectivity index (χ2v) is 9.00. The monoisotopic (exact) mass is 400 g/mol. The molecule has 0 saturated carbocycles. The maximum Gasteiger partial charge on any atom is 0.276 e. The van der Waals surface area contributed by atoms with E-state index in [-0.39, 0.29) is 16.1 Å². The second kappa shape index (κ2) is 7.55. The van der Waals surface area contributed by atoms with Crippen LogP contribution in [0.15, 0.2) is 64.7 Å². The van der Waals surface area contributed by atoms with Crippen molar-refractivity contribution < 1.29 is 12.8 Å². The zero-order chi connectivity index (χ0) is 20.4. The third-order valence-corrected chi connectivity index (χ3v) is 5.45. The summed E-state index contributed by atoms with van der Waals surface area (Å²) >= 11 is 0. The first-order valence-electron chi connectivity index (χ1n) is 8.61. The third-order valence-electron chi connectivity index (χ3n) is 4.21. The Labute approximate surface area is 163 Å². The summed E-state index contributed by atoms with van der Waals surface area (Å²) < 4.78 is 37.9. The molecule has 0 amide bonds. The minimum atomic E-state index is -3.79. The minimum Gasteiger partial charge on any atom is -0.277 e. The highest BCUT2D eigenvalue weighted by Crippen LogP contribution is 2.23. The van der Waals surface area contributed by atoms with Crippen LogP contribution in [0.2, 0.25) is 0 Å². The van der Waals surface area contributed by atoms with Gasteiger partial charge in [-0.1, -0.05) is 32.9 Å². The highest BCUT2D eigenvalue weighted by molar-refractivity contribution is 7.89. The van der Waals surface area contributed by atoms with Crippen LogP contribution in [-0.4, -0.2) is 24.8 Å². The number of rotatable bonds is 5. The van der Waals surface area contributed by atoms with E-state index in [0.29, 0.717) is 16.8 Å². The van der Waals surface area contributed by atoms with Gasteiger partial charge in [0.2, 0.25) is 0 Å². The molecule has 0 aliphatic rings. The van der Waals surface area contributed by atoms with Gasteiger partial charge in [0, 0.05) is 11.1 Å². The van der Waals surface area contributed by atoms with E-state index in [1.807, 2.05) is 0 Å². The van der Waals surface area contributed by atoms with E-state index in [4.69, 9.17) is 0 Å². The zero-order valence-electron chi connectivity index (χ0n) is 15.8. The van der Waals surface area contributed by atoms with Crippen molar-refractivity contribution in [3.8, 4) is 11.3 Å². The van der Waals surface area contributed by atoms with Gasteiger partial charge in [-0.2, -0.15) is 18.6 Å². The smallest absolute Gasteiger partial charge is 0.276 e. The van der Waals surface area contributed by atoms with E-state index in [1.165, 1.54) is 24.5 Å². The second-order valence-electron chi connectivity index (χ2n) is 7.33. The van der Waals surface area contributed by atoms with Crippen molar-refractivity contribution in [2.45, 2.75) is 31.1 Å². The normalized spacial score (nSPS) is 12.4. The molecule has 0 spiro atoms. The van der Waals surface area contributed by atoms with E-state index in [0.717, 1.165) is 5.56 Å². The molecule has 3 rings (SSSR count). The number of benzene rings is 2. The SMILES string of the molecule is CC(C)(C)c1ccc(S(=O)(=O)N/N=C/c2cn[nH]c2-c2ccc(F)cc2)cc1. The van der Waals surface area contributed by atoms with Gasteiger partial charge >= 0.3 is 0 Å². The lowest BCUT2D eigenvalue weighted by Gasteiger charge is -2.19. The molecule has 2 N–H and O–H groups in total. The number of sulfonamides is 1. The number of hydrogen-bond donors (Lipinski definition) is 2. The molecule has 0 aliphatic heterocycles. The Kier molecular flexibility index (Phi) is 5.33. The predicted octanol–water partition coefficient (Wildman–Crippen LogP) is 3.83. The standard InChI is InChI=1S/C20H21FN4O2S/c1-20(2,3)16-6-10-18(11-7-16)28(26,27)25-23-13-15-12-22-24-19(15)14-4-8-17(21)9-5-14/h4-13,25H,1-3H3,(H,22,24)/b23-13+. The van der Waals surface area contributed by atoms with Crippen molar-refractivity contribution in [2.24, 2.45) is 5.10 Å². The summed E-state index contributed by atoms with van der Waals surface area (Å²) in [4.78, 5) is 2.33. The van der Waals surface area contributed by atoms with Crippen molar-refractivity contribution >= 4 is 16.2 Å². The van der Waals surface area contributed by atoms with Crippen LogP contribution in [0, 0.1) is 5.82 Å². The number of aromatic amines is 1. The average Bonchev–Trinajstić information content (AvgIpc) is 3.10. The molecule has 2 aromatic carbocycles. The van der Waals surface area contributed by atoms with Crippen LogP contribution in [0.3, 0.4) is 0 Å². The summed E-state index contributed by atoms with van der Waals surface area (Å²) in [5.41, 5.74) is 2.86. The van der Waals surface area contributed by atoms with Crippen LogP contribution in [0.4, 0.5) is 4.39 Å². The van der Waals surface area contributed by atoms with Gasteiger partial charge in [0.1, 0.15) is 5.82 Å². The molecule has 0 bridgehead atoms. The van der Waals surface area contributed by atoms with Gasteiger partial charge in [0.15, 0.2) is 0 Å². The lowest BCUT2D eigenvalue weighted by Crippen LogP contribution is -2.19. The lowest BCUT2D eigenvalue weighted by molar-refractivity contribution is 0.580. The van der Waals surface area contributed by atoms with Crippen molar-refractivity contribution in [1.29, 1.82) is 0 Å². The summed E-state index contributed by atoms with van der Waals surface area (Å²) in [6.45, 7) is 6.17. The van der Waals surface area contributed by atoms with Crippen molar-refractivity contribution in [2.75, 3.05) is 0 Å². The third kappa shape index (κ3) is 4.45. The lowest BCUT2D eigenvalue weighted by atomic mass is 9.87. The molecule has 146 valence electrons.